The lowest BCUT2D eigenvalue weighted by atomic mass is 9.99. The van der Waals surface area contributed by atoms with Crippen LogP contribution in [0.2, 0.25) is 0 Å². The van der Waals surface area contributed by atoms with E-state index in [9.17, 15) is 4.79 Å². The molecule has 2 aromatic rings. The van der Waals surface area contributed by atoms with E-state index in [1.807, 2.05) is 24.3 Å². The summed E-state index contributed by atoms with van der Waals surface area (Å²) in [6, 6.07) is 7.59. The van der Waals surface area contributed by atoms with Crippen molar-refractivity contribution in [2.24, 2.45) is 5.92 Å². The molecular formula is C15H18ClN3O2. The van der Waals surface area contributed by atoms with Gasteiger partial charge in [-0.05, 0) is 43.7 Å². The summed E-state index contributed by atoms with van der Waals surface area (Å²) < 4.78 is 5.23. The van der Waals surface area contributed by atoms with Crippen LogP contribution in [0.1, 0.15) is 12.8 Å². The molecule has 1 aliphatic rings. The smallest absolute Gasteiger partial charge is 0.228 e. The Morgan fingerprint density at radius 2 is 2.14 bits per heavy atom. The van der Waals surface area contributed by atoms with Crippen LogP contribution in [-0.4, -0.2) is 24.0 Å². The van der Waals surface area contributed by atoms with Gasteiger partial charge in [-0.2, -0.15) is 0 Å². The van der Waals surface area contributed by atoms with E-state index in [-0.39, 0.29) is 24.2 Å². The summed E-state index contributed by atoms with van der Waals surface area (Å²) in [6.07, 6.45) is 5.08. The van der Waals surface area contributed by atoms with Crippen LogP contribution < -0.4 is 10.6 Å². The third-order valence-electron chi connectivity index (χ3n) is 3.54. The summed E-state index contributed by atoms with van der Waals surface area (Å²) in [4.78, 5) is 16.0. The highest BCUT2D eigenvalue weighted by Gasteiger charge is 2.20. The molecule has 0 saturated carbocycles. The van der Waals surface area contributed by atoms with Crippen molar-refractivity contribution >= 4 is 24.0 Å². The predicted molar refractivity (Wildman–Crippen MR) is 83.4 cm³/mol. The molecule has 0 radical (unpaired) electrons. The van der Waals surface area contributed by atoms with Crippen LogP contribution in [-0.2, 0) is 4.79 Å². The fourth-order valence-electron chi connectivity index (χ4n) is 2.40. The van der Waals surface area contributed by atoms with E-state index in [2.05, 4.69) is 15.6 Å². The number of aromatic nitrogens is 1. The number of nitrogens with zero attached hydrogens (tertiary/aromatic N) is 1. The summed E-state index contributed by atoms with van der Waals surface area (Å²) in [6.45, 7) is 1.78. The molecule has 5 nitrogen and oxygen atoms in total. The monoisotopic (exact) mass is 307 g/mol. The van der Waals surface area contributed by atoms with Gasteiger partial charge in [0.25, 0.3) is 0 Å². The van der Waals surface area contributed by atoms with E-state index in [4.69, 9.17) is 4.42 Å². The van der Waals surface area contributed by atoms with Crippen LogP contribution in [0.15, 0.2) is 41.3 Å². The Morgan fingerprint density at radius 3 is 2.76 bits per heavy atom. The lowest BCUT2D eigenvalue weighted by Crippen LogP contribution is -2.37. The molecule has 0 bridgehead atoms. The second-order valence-electron chi connectivity index (χ2n) is 4.98. The molecule has 6 heteroatoms. The third kappa shape index (κ3) is 3.83. The average molecular weight is 308 g/mol. The number of oxazole rings is 1. The van der Waals surface area contributed by atoms with E-state index in [0.717, 1.165) is 42.9 Å². The number of amides is 1. The average Bonchev–Trinajstić information content (AvgIpc) is 3.03. The van der Waals surface area contributed by atoms with Crippen LogP contribution in [0.4, 0.5) is 5.69 Å². The summed E-state index contributed by atoms with van der Waals surface area (Å²) in [5.41, 5.74) is 1.75. The zero-order valence-corrected chi connectivity index (χ0v) is 12.4. The summed E-state index contributed by atoms with van der Waals surface area (Å²) in [5, 5.41) is 6.21. The van der Waals surface area contributed by atoms with Crippen molar-refractivity contribution in [3.8, 4) is 11.3 Å². The third-order valence-corrected chi connectivity index (χ3v) is 3.54. The topological polar surface area (TPSA) is 67.2 Å². The summed E-state index contributed by atoms with van der Waals surface area (Å²) in [7, 11) is 0. The van der Waals surface area contributed by atoms with Crippen molar-refractivity contribution in [2.75, 3.05) is 18.4 Å². The largest absolute Gasteiger partial charge is 0.444 e. The SMILES string of the molecule is Cl.O=C(Nc1ccc(-c2cnco2)cc1)[C@@H]1CCCNC1. The molecule has 2 N–H and O–H groups in total. The van der Waals surface area contributed by atoms with Crippen molar-refractivity contribution < 1.29 is 9.21 Å². The molecular weight excluding hydrogens is 290 g/mol. The van der Waals surface area contributed by atoms with Crippen molar-refractivity contribution in [1.82, 2.24) is 10.3 Å². The van der Waals surface area contributed by atoms with Gasteiger partial charge in [0.05, 0.1) is 12.1 Å². The number of rotatable bonds is 3. The fourth-order valence-corrected chi connectivity index (χ4v) is 2.40. The molecule has 21 heavy (non-hydrogen) atoms. The quantitative estimate of drug-likeness (QED) is 0.915. The highest BCUT2D eigenvalue weighted by atomic mass is 35.5. The van der Waals surface area contributed by atoms with Gasteiger partial charge in [-0.25, -0.2) is 4.98 Å². The van der Waals surface area contributed by atoms with E-state index in [1.54, 1.807) is 6.20 Å². The van der Waals surface area contributed by atoms with E-state index < -0.39 is 0 Å². The number of hydrogen-bond donors (Lipinski definition) is 2. The lowest BCUT2D eigenvalue weighted by Gasteiger charge is -2.21. The first-order valence-corrected chi connectivity index (χ1v) is 6.83. The van der Waals surface area contributed by atoms with Gasteiger partial charge in [0, 0.05) is 17.8 Å². The number of halogens is 1. The molecule has 1 aromatic carbocycles. The van der Waals surface area contributed by atoms with Crippen molar-refractivity contribution in [1.29, 1.82) is 0 Å². The molecule has 0 unspecified atom stereocenters. The molecule has 0 spiro atoms. The van der Waals surface area contributed by atoms with Crippen molar-refractivity contribution in [3.05, 3.63) is 36.9 Å². The first-order chi connectivity index (χ1) is 9.83. The Balaban J connectivity index is 0.00000161. The first-order valence-electron chi connectivity index (χ1n) is 6.83. The van der Waals surface area contributed by atoms with E-state index >= 15 is 0 Å². The minimum atomic E-state index is 0. The Bertz CT molecular complexity index is 563. The Labute approximate surface area is 129 Å². The molecule has 1 amide bonds. The molecule has 112 valence electrons. The second-order valence-corrected chi connectivity index (χ2v) is 4.98. The normalized spacial score (nSPS) is 17.8. The van der Waals surface area contributed by atoms with Crippen LogP contribution in [0.3, 0.4) is 0 Å². The number of benzene rings is 1. The zero-order chi connectivity index (χ0) is 13.8. The zero-order valence-electron chi connectivity index (χ0n) is 11.5. The minimum absolute atomic E-state index is 0. The maximum Gasteiger partial charge on any atom is 0.228 e. The Morgan fingerprint density at radius 1 is 1.33 bits per heavy atom. The number of hydrogen-bond acceptors (Lipinski definition) is 4. The highest BCUT2D eigenvalue weighted by Crippen LogP contribution is 2.21. The molecule has 1 saturated heterocycles. The lowest BCUT2D eigenvalue weighted by molar-refractivity contribution is -0.120. The van der Waals surface area contributed by atoms with E-state index in [1.165, 1.54) is 6.39 Å². The molecule has 0 aliphatic carbocycles. The molecule has 1 fully saturated rings. The number of anilines is 1. The maximum absolute atomic E-state index is 12.1. The van der Waals surface area contributed by atoms with Gasteiger partial charge in [-0.15, -0.1) is 12.4 Å². The van der Waals surface area contributed by atoms with Crippen molar-refractivity contribution in [2.45, 2.75) is 12.8 Å². The van der Waals surface area contributed by atoms with Crippen molar-refractivity contribution in [3.63, 3.8) is 0 Å². The first kappa shape index (κ1) is 15.5. The maximum atomic E-state index is 12.1. The predicted octanol–water partition coefficient (Wildman–Crippen LogP) is 2.70. The minimum Gasteiger partial charge on any atom is -0.444 e. The van der Waals surface area contributed by atoms with Gasteiger partial charge < -0.3 is 15.1 Å². The van der Waals surface area contributed by atoms with Gasteiger partial charge in [0.2, 0.25) is 5.91 Å². The molecule has 3 rings (SSSR count). The summed E-state index contributed by atoms with van der Waals surface area (Å²) >= 11 is 0. The molecule has 1 aliphatic heterocycles. The number of carbonyl (C=O) groups is 1. The molecule has 2 heterocycles. The van der Waals surface area contributed by atoms with Crippen LogP contribution in [0.25, 0.3) is 11.3 Å². The highest BCUT2D eigenvalue weighted by molar-refractivity contribution is 5.93. The summed E-state index contributed by atoms with van der Waals surface area (Å²) in [5.74, 6) is 0.877. The van der Waals surface area contributed by atoms with Gasteiger partial charge in [0.15, 0.2) is 12.2 Å². The van der Waals surface area contributed by atoms with E-state index in [0.29, 0.717) is 0 Å². The van der Waals surface area contributed by atoms with Crippen LogP contribution in [0.5, 0.6) is 0 Å². The number of piperidine rings is 1. The van der Waals surface area contributed by atoms with Crippen LogP contribution >= 0.6 is 12.4 Å². The Hall–Kier alpha value is -1.85. The Kier molecular flexibility index (Phi) is 5.36. The number of carbonyl (C=O) groups excluding carboxylic acids is 1. The molecule has 1 aromatic heterocycles. The number of nitrogens with one attached hydrogen (secondary N) is 2. The van der Waals surface area contributed by atoms with Crippen LogP contribution in [0, 0.1) is 5.92 Å². The van der Waals surface area contributed by atoms with Gasteiger partial charge in [-0.1, -0.05) is 0 Å². The second kappa shape index (κ2) is 7.24. The standard InChI is InChI=1S/C15H17N3O2.ClH/c19-15(12-2-1-7-16-8-12)18-13-5-3-11(4-6-13)14-9-17-10-20-14;/h3-6,9-10,12,16H,1-2,7-8H2,(H,18,19);1H/t12-;/m1./s1. The fraction of sp³-hybridized carbons (Fsp3) is 0.333. The van der Waals surface area contributed by atoms with Gasteiger partial charge in [-0.3, -0.25) is 4.79 Å². The van der Waals surface area contributed by atoms with Gasteiger partial charge in [0.1, 0.15) is 0 Å². The van der Waals surface area contributed by atoms with Gasteiger partial charge >= 0.3 is 0 Å². The molecule has 1 atom stereocenters.